The number of rotatable bonds is 10. The van der Waals surface area contributed by atoms with E-state index in [0.29, 0.717) is 28.3 Å². The molecule has 0 spiro atoms. The first-order valence-electron chi connectivity index (χ1n) is 10.4. The molecule has 0 aliphatic carbocycles. The van der Waals surface area contributed by atoms with E-state index in [4.69, 9.17) is 14.2 Å². The summed E-state index contributed by atoms with van der Waals surface area (Å²) in [4.78, 5) is 36.6. The molecule has 2 unspecified atom stereocenters. The SMILES string of the molecule is CCOC(=O)C1=C(C)NC(CSCC2CO2)=C(C(=O)OCC)C1c1ccc([N+](=O)[O-])cc1. The van der Waals surface area contributed by atoms with E-state index >= 15 is 0 Å². The number of benzene rings is 1. The zero-order valence-corrected chi connectivity index (χ0v) is 19.0. The molecular weight excluding hydrogens is 436 g/mol. The Morgan fingerprint density at radius 2 is 1.75 bits per heavy atom. The standard InChI is InChI=1S/C22H26N2O7S/c1-4-29-21(25)18-13(3)23-17(12-32-11-16-10-31-16)20(22(26)30-5-2)19(18)14-6-8-15(9-7-14)24(27)28/h6-9,16,19,23H,4-5,10-12H2,1-3H3. The highest BCUT2D eigenvalue weighted by Gasteiger charge is 2.39. The number of carbonyl (C=O) groups excluding carboxylic acids is 2. The highest BCUT2D eigenvalue weighted by atomic mass is 32.2. The van der Waals surface area contributed by atoms with E-state index in [1.54, 1.807) is 44.7 Å². The van der Waals surface area contributed by atoms with Gasteiger partial charge in [0.15, 0.2) is 0 Å². The number of nitro groups is 1. The fraction of sp³-hybridized carbons (Fsp3) is 0.455. The molecule has 1 N–H and O–H groups in total. The molecule has 1 aromatic rings. The van der Waals surface area contributed by atoms with Gasteiger partial charge in [-0.2, -0.15) is 11.8 Å². The maximum absolute atomic E-state index is 13.1. The maximum atomic E-state index is 13.1. The van der Waals surface area contributed by atoms with Crippen LogP contribution < -0.4 is 5.32 Å². The number of allylic oxidation sites excluding steroid dienone is 1. The van der Waals surface area contributed by atoms with Crippen LogP contribution in [0.2, 0.25) is 0 Å². The summed E-state index contributed by atoms with van der Waals surface area (Å²) < 4.78 is 15.9. The Balaban J connectivity index is 2.08. The number of esters is 2. The van der Waals surface area contributed by atoms with Crippen molar-refractivity contribution in [3.8, 4) is 0 Å². The first kappa shape index (κ1) is 23.8. The Bertz CT molecular complexity index is 952. The number of ether oxygens (including phenoxy) is 3. The molecule has 0 saturated carbocycles. The summed E-state index contributed by atoms with van der Waals surface area (Å²) in [6.45, 7) is 6.24. The molecule has 1 aromatic carbocycles. The number of thioether (sulfide) groups is 1. The first-order valence-corrected chi connectivity index (χ1v) is 11.5. The molecule has 2 aliphatic heterocycles. The van der Waals surface area contributed by atoms with Crippen molar-refractivity contribution in [2.45, 2.75) is 32.8 Å². The predicted octanol–water partition coefficient (Wildman–Crippen LogP) is 3.07. The first-order chi connectivity index (χ1) is 15.4. The molecule has 3 rings (SSSR count). The van der Waals surface area contributed by atoms with E-state index in [1.807, 2.05) is 0 Å². The smallest absolute Gasteiger partial charge is 0.336 e. The number of nitrogens with one attached hydrogen (secondary N) is 1. The average molecular weight is 463 g/mol. The fourth-order valence-corrected chi connectivity index (χ4v) is 4.52. The van der Waals surface area contributed by atoms with Crippen molar-refractivity contribution in [3.05, 3.63) is 62.5 Å². The van der Waals surface area contributed by atoms with Crippen LogP contribution in [-0.2, 0) is 23.8 Å². The second-order valence-corrected chi connectivity index (χ2v) is 8.28. The molecule has 0 bridgehead atoms. The number of epoxide rings is 1. The molecular formula is C22H26N2O7S. The van der Waals surface area contributed by atoms with Crippen molar-refractivity contribution in [1.82, 2.24) is 5.32 Å². The Morgan fingerprint density at radius 1 is 1.16 bits per heavy atom. The van der Waals surface area contributed by atoms with Gasteiger partial charge in [0, 0.05) is 35.0 Å². The third-order valence-electron chi connectivity index (χ3n) is 5.03. The molecule has 172 valence electrons. The molecule has 0 amide bonds. The number of dihydropyridines is 1. The van der Waals surface area contributed by atoms with E-state index in [9.17, 15) is 19.7 Å². The second kappa shape index (κ2) is 10.6. The van der Waals surface area contributed by atoms with E-state index in [-0.39, 0.29) is 30.6 Å². The Hall–Kier alpha value is -2.85. The quantitative estimate of drug-likeness (QED) is 0.242. The topological polar surface area (TPSA) is 120 Å². The molecule has 0 aromatic heterocycles. The van der Waals surface area contributed by atoms with E-state index < -0.39 is 22.8 Å². The lowest BCUT2D eigenvalue weighted by Gasteiger charge is -2.31. The Kier molecular flexibility index (Phi) is 7.92. The lowest BCUT2D eigenvalue weighted by Crippen LogP contribution is -2.34. The van der Waals surface area contributed by atoms with Crippen molar-refractivity contribution in [2.24, 2.45) is 0 Å². The van der Waals surface area contributed by atoms with Crippen LogP contribution in [0.4, 0.5) is 5.69 Å². The minimum absolute atomic E-state index is 0.0806. The Labute approximate surface area is 190 Å². The van der Waals surface area contributed by atoms with Gasteiger partial charge in [-0.1, -0.05) is 12.1 Å². The summed E-state index contributed by atoms with van der Waals surface area (Å²) in [5.41, 5.74) is 2.28. The van der Waals surface area contributed by atoms with Crippen LogP contribution in [0.5, 0.6) is 0 Å². The predicted molar refractivity (Wildman–Crippen MR) is 119 cm³/mol. The number of carbonyl (C=O) groups is 2. The van der Waals surface area contributed by atoms with Gasteiger partial charge in [0.05, 0.1) is 47.9 Å². The van der Waals surface area contributed by atoms with Crippen LogP contribution in [0, 0.1) is 10.1 Å². The molecule has 1 saturated heterocycles. The van der Waals surface area contributed by atoms with E-state index in [1.165, 1.54) is 12.1 Å². The van der Waals surface area contributed by atoms with Crippen molar-refractivity contribution >= 4 is 29.4 Å². The van der Waals surface area contributed by atoms with Gasteiger partial charge in [-0.15, -0.1) is 0 Å². The lowest BCUT2D eigenvalue weighted by molar-refractivity contribution is -0.384. The second-order valence-electron chi connectivity index (χ2n) is 7.25. The van der Waals surface area contributed by atoms with Gasteiger partial charge >= 0.3 is 11.9 Å². The van der Waals surface area contributed by atoms with Gasteiger partial charge < -0.3 is 19.5 Å². The van der Waals surface area contributed by atoms with E-state index in [0.717, 1.165) is 12.4 Å². The summed E-state index contributed by atoms with van der Waals surface area (Å²) in [6.07, 6.45) is 0.229. The third kappa shape index (κ3) is 5.49. The lowest BCUT2D eigenvalue weighted by atomic mass is 9.80. The largest absolute Gasteiger partial charge is 0.463 e. The van der Waals surface area contributed by atoms with Crippen molar-refractivity contribution < 1.29 is 28.7 Å². The molecule has 0 radical (unpaired) electrons. The van der Waals surface area contributed by atoms with Crippen LogP contribution in [0.1, 0.15) is 32.3 Å². The van der Waals surface area contributed by atoms with Crippen LogP contribution in [-0.4, -0.2) is 54.3 Å². The average Bonchev–Trinajstić information content (AvgIpc) is 3.58. The highest BCUT2D eigenvalue weighted by molar-refractivity contribution is 7.99. The molecule has 9 nitrogen and oxygen atoms in total. The Morgan fingerprint density at radius 3 is 2.28 bits per heavy atom. The summed E-state index contributed by atoms with van der Waals surface area (Å²) >= 11 is 1.61. The molecule has 32 heavy (non-hydrogen) atoms. The zero-order chi connectivity index (χ0) is 23.3. The van der Waals surface area contributed by atoms with Crippen LogP contribution in [0.15, 0.2) is 46.8 Å². The molecule has 2 heterocycles. The van der Waals surface area contributed by atoms with Crippen LogP contribution in [0.25, 0.3) is 0 Å². The molecule has 10 heteroatoms. The van der Waals surface area contributed by atoms with Gasteiger partial charge in [-0.25, -0.2) is 9.59 Å². The minimum atomic E-state index is -0.775. The van der Waals surface area contributed by atoms with Crippen molar-refractivity contribution in [2.75, 3.05) is 31.3 Å². The molecule has 2 atom stereocenters. The summed E-state index contributed by atoms with van der Waals surface area (Å²) in [7, 11) is 0. The summed E-state index contributed by atoms with van der Waals surface area (Å²) in [5, 5.41) is 14.3. The van der Waals surface area contributed by atoms with E-state index in [2.05, 4.69) is 5.32 Å². The number of hydrogen-bond donors (Lipinski definition) is 1. The number of hydrogen-bond acceptors (Lipinski definition) is 9. The summed E-state index contributed by atoms with van der Waals surface area (Å²) in [6, 6.07) is 5.83. The van der Waals surface area contributed by atoms with Gasteiger partial charge in [0.25, 0.3) is 5.69 Å². The van der Waals surface area contributed by atoms with Crippen molar-refractivity contribution in [3.63, 3.8) is 0 Å². The molecule has 2 aliphatic rings. The van der Waals surface area contributed by atoms with Gasteiger partial charge in [-0.05, 0) is 26.3 Å². The zero-order valence-electron chi connectivity index (χ0n) is 18.2. The van der Waals surface area contributed by atoms with Crippen LogP contribution in [0.3, 0.4) is 0 Å². The molecule has 1 fully saturated rings. The third-order valence-corrected chi connectivity index (χ3v) is 6.13. The monoisotopic (exact) mass is 462 g/mol. The fourth-order valence-electron chi connectivity index (χ4n) is 3.52. The van der Waals surface area contributed by atoms with Crippen LogP contribution >= 0.6 is 11.8 Å². The maximum Gasteiger partial charge on any atom is 0.336 e. The normalized spacial score (nSPS) is 20.0. The number of nitro benzene ring substituents is 1. The van der Waals surface area contributed by atoms with Gasteiger partial charge in [0.2, 0.25) is 0 Å². The number of nitrogens with zero attached hydrogens (tertiary/aromatic N) is 1. The minimum Gasteiger partial charge on any atom is -0.463 e. The van der Waals surface area contributed by atoms with Gasteiger partial charge in [0.1, 0.15) is 0 Å². The van der Waals surface area contributed by atoms with Gasteiger partial charge in [-0.3, -0.25) is 10.1 Å². The highest BCUT2D eigenvalue weighted by Crippen LogP contribution is 2.40. The number of non-ortho nitro benzene ring substituents is 1. The summed E-state index contributed by atoms with van der Waals surface area (Å²) in [5.74, 6) is -0.596. The van der Waals surface area contributed by atoms with Crippen molar-refractivity contribution in [1.29, 1.82) is 0 Å².